The number of carbonyl (C=O) groups is 1. The number of rotatable bonds is 7. The Morgan fingerprint density at radius 2 is 2.10 bits per heavy atom. The van der Waals surface area contributed by atoms with Gasteiger partial charge in [0.25, 0.3) is 0 Å². The Labute approximate surface area is 128 Å². The number of thioether (sulfide) groups is 1. The van der Waals surface area contributed by atoms with E-state index < -0.39 is 0 Å². The zero-order valence-corrected chi connectivity index (χ0v) is 13.1. The molecule has 0 atom stereocenters. The summed E-state index contributed by atoms with van der Waals surface area (Å²) in [5.74, 6) is 2.11. The topological polar surface area (TPSA) is 68.0 Å². The summed E-state index contributed by atoms with van der Waals surface area (Å²) in [6.07, 6.45) is 0.944. The molecule has 0 fully saturated rings. The van der Waals surface area contributed by atoms with Gasteiger partial charge >= 0.3 is 0 Å². The van der Waals surface area contributed by atoms with Crippen LogP contribution in [0.15, 0.2) is 28.8 Å². The fourth-order valence-corrected chi connectivity index (χ4v) is 2.36. The van der Waals surface area contributed by atoms with Crippen LogP contribution in [0.2, 0.25) is 0 Å². The van der Waals surface area contributed by atoms with E-state index in [4.69, 9.17) is 4.52 Å². The lowest BCUT2D eigenvalue weighted by Gasteiger charge is -2.01. The van der Waals surface area contributed by atoms with Crippen molar-refractivity contribution in [1.29, 1.82) is 0 Å². The predicted octanol–water partition coefficient (Wildman–Crippen LogP) is 2.80. The molecule has 1 amide bonds. The Kier molecular flexibility index (Phi) is 5.80. The Hall–Kier alpha value is -1.82. The van der Waals surface area contributed by atoms with Crippen LogP contribution in [0.3, 0.4) is 0 Å². The number of hydrogen-bond donors (Lipinski definition) is 1. The second-order valence-electron chi connectivity index (χ2n) is 4.72. The number of benzene rings is 1. The minimum Gasteiger partial charge on any atom is -0.355 e. The fraction of sp³-hybridized carbons (Fsp3) is 0.400. The number of nitrogens with zero attached hydrogens (tertiary/aromatic N) is 2. The van der Waals surface area contributed by atoms with Crippen LogP contribution < -0.4 is 5.32 Å². The molecular formula is C15H19N3O2S. The van der Waals surface area contributed by atoms with Crippen LogP contribution >= 0.6 is 11.8 Å². The van der Waals surface area contributed by atoms with Crippen molar-refractivity contribution in [3.63, 3.8) is 0 Å². The second-order valence-corrected chi connectivity index (χ2v) is 5.71. The van der Waals surface area contributed by atoms with Crippen LogP contribution in [0.5, 0.6) is 0 Å². The predicted molar refractivity (Wildman–Crippen MR) is 83.9 cm³/mol. The van der Waals surface area contributed by atoms with Gasteiger partial charge in [0, 0.05) is 12.1 Å². The molecular weight excluding hydrogens is 286 g/mol. The van der Waals surface area contributed by atoms with Crippen molar-refractivity contribution in [2.45, 2.75) is 26.0 Å². The smallest absolute Gasteiger partial charge is 0.236 e. The normalized spacial score (nSPS) is 10.6. The maximum absolute atomic E-state index is 11.5. The van der Waals surface area contributed by atoms with Crippen molar-refractivity contribution in [2.24, 2.45) is 0 Å². The summed E-state index contributed by atoms with van der Waals surface area (Å²) in [6, 6.07) is 7.96. The van der Waals surface area contributed by atoms with Crippen LogP contribution in [0, 0.1) is 6.92 Å². The average molecular weight is 305 g/mol. The standard InChI is InChI=1S/C15H19N3O2S/c1-3-8-16-13(19)9-21-10-14-17-15(18-20-14)12-6-4-11(2)5-7-12/h4-7H,3,8-10H2,1-2H3,(H,16,19). The van der Waals surface area contributed by atoms with E-state index in [0.29, 0.717) is 23.2 Å². The van der Waals surface area contributed by atoms with Crippen molar-refractivity contribution in [3.05, 3.63) is 35.7 Å². The molecule has 0 radical (unpaired) electrons. The van der Waals surface area contributed by atoms with Gasteiger partial charge in [-0.2, -0.15) is 4.98 Å². The monoisotopic (exact) mass is 305 g/mol. The van der Waals surface area contributed by atoms with E-state index >= 15 is 0 Å². The van der Waals surface area contributed by atoms with Gasteiger partial charge in [-0.15, -0.1) is 11.8 Å². The Balaban J connectivity index is 1.83. The zero-order chi connectivity index (χ0) is 15.1. The minimum atomic E-state index is 0.0418. The van der Waals surface area contributed by atoms with Crippen molar-refractivity contribution in [2.75, 3.05) is 12.3 Å². The van der Waals surface area contributed by atoms with Gasteiger partial charge in [-0.05, 0) is 13.3 Å². The summed E-state index contributed by atoms with van der Waals surface area (Å²) in [6.45, 7) is 4.78. The summed E-state index contributed by atoms with van der Waals surface area (Å²) >= 11 is 1.47. The number of hydrogen-bond acceptors (Lipinski definition) is 5. The number of aromatic nitrogens is 2. The van der Waals surface area contributed by atoms with Crippen molar-refractivity contribution >= 4 is 17.7 Å². The summed E-state index contributed by atoms with van der Waals surface area (Å²) < 4.78 is 5.20. The van der Waals surface area contributed by atoms with E-state index in [1.54, 1.807) is 0 Å². The molecule has 0 spiro atoms. The van der Waals surface area contributed by atoms with Crippen molar-refractivity contribution < 1.29 is 9.32 Å². The van der Waals surface area contributed by atoms with Gasteiger partial charge in [0.05, 0.1) is 11.5 Å². The SMILES string of the molecule is CCCNC(=O)CSCc1nc(-c2ccc(C)cc2)no1. The molecule has 0 saturated heterocycles. The summed E-state index contributed by atoms with van der Waals surface area (Å²) in [7, 11) is 0. The molecule has 5 nitrogen and oxygen atoms in total. The fourth-order valence-electron chi connectivity index (χ4n) is 1.68. The van der Waals surface area contributed by atoms with E-state index in [9.17, 15) is 4.79 Å². The Bertz CT molecular complexity index is 581. The molecule has 112 valence electrons. The van der Waals surface area contributed by atoms with Gasteiger partial charge in [0.1, 0.15) is 0 Å². The molecule has 21 heavy (non-hydrogen) atoms. The van der Waals surface area contributed by atoms with Gasteiger partial charge < -0.3 is 9.84 Å². The summed E-state index contributed by atoms with van der Waals surface area (Å²) in [5, 5.41) is 6.79. The third-order valence-corrected chi connectivity index (χ3v) is 3.73. The molecule has 0 saturated carbocycles. The van der Waals surface area contributed by atoms with Crippen LogP contribution in [0.1, 0.15) is 24.8 Å². The van der Waals surface area contributed by atoms with E-state index in [1.165, 1.54) is 17.3 Å². The number of amides is 1. The van der Waals surface area contributed by atoms with E-state index in [2.05, 4.69) is 15.5 Å². The maximum atomic E-state index is 11.5. The molecule has 1 aromatic heterocycles. The lowest BCUT2D eigenvalue weighted by molar-refractivity contribution is -0.118. The highest BCUT2D eigenvalue weighted by Gasteiger charge is 2.09. The zero-order valence-electron chi connectivity index (χ0n) is 12.3. The van der Waals surface area contributed by atoms with Crippen LogP contribution in [-0.4, -0.2) is 28.3 Å². The van der Waals surface area contributed by atoms with Gasteiger partial charge in [0.2, 0.25) is 17.6 Å². The minimum absolute atomic E-state index is 0.0418. The first-order valence-corrected chi connectivity index (χ1v) is 8.08. The molecule has 2 rings (SSSR count). The highest BCUT2D eigenvalue weighted by molar-refractivity contribution is 7.99. The highest BCUT2D eigenvalue weighted by atomic mass is 32.2. The number of aryl methyl sites for hydroxylation is 1. The lowest BCUT2D eigenvalue weighted by atomic mass is 10.1. The molecule has 1 heterocycles. The summed E-state index contributed by atoms with van der Waals surface area (Å²) in [5.41, 5.74) is 2.12. The van der Waals surface area contributed by atoms with Gasteiger partial charge in [-0.25, -0.2) is 0 Å². The van der Waals surface area contributed by atoms with Crippen molar-refractivity contribution in [3.8, 4) is 11.4 Å². The molecule has 1 aromatic carbocycles. The Morgan fingerprint density at radius 1 is 1.33 bits per heavy atom. The molecule has 1 N–H and O–H groups in total. The van der Waals surface area contributed by atoms with Crippen LogP contribution in [0.4, 0.5) is 0 Å². The third-order valence-electron chi connectivity index (χ3n) is 2.81. The average Bonchev–Trinajstić information content (AvgIpc) is 2.95. The van der Waals surface area contributed by atoms with Crippen LogP contribution in [0.25, 0.3) is 11.4 Å². The summed E-state index contributed by atoms with van der Waals surface area (Å²) in [4.78, 5) is 15.8. The van der Waals surface area contributed by atoms with E-state index in [-0.39, 0.29) is 5.91 Å². The Morgan fingerprint density at radius 3 is 2.81 bits per heavy atom. The molecule has 2 aromatic rings. The van der Waals surface area contributed by atoms with Gasteiger partial charge in [-0.1, -0.05) is 41.9 Å². The number of carbonyl (C=O) groups excluding carboxylic acids is 1. The first-order chi connectivity index (χ1) is 10.2. The first-order valence-electron chi connectivity index (χ1n) is 6.93. The van der Waals surface area contributed by atoms with E-state index in [0.717, 1.165) is 18.5 Å². The van der Waals surface area contributed by atoms with Gasteiger partial charge in [-0.3, -0.25) is 4.79 Å². The van der Waals surface area contributed by atoms with Crippen molar-refractivity contribution in [1.82, 2.24) is 15.5 Å². The molecule has 0 unspecified atom stereocenters. The number of nitrogens with one attached hydrogen (secondary N) is 1. The molecule has 0 aliphatic rings. The third kappa shape index (κ3) is 4.90. The maximum Gasteiger partial charge on any atom is 0.236 e. The van der Waals surface area contributed by atoms with E-state index in [1.807, 2.05) is 38.1 Å². The first kappa shape index (κ1) is 15.6. The molecule has 0 bridgehead atoms. The highest BCUT2D eigenvalue weighted by Crippen LogP contribution is 2.18. The molecule has 0 aliphatic carbocycles. The second kappa shape index (κ2) is 7.83. The molecule has 6 heteroatoms. The largest absolute Gasteiger partial charge is 0.355 e. The molecule has 0 aliphatic heterocycles. The van der Waals surface area contributed by atoms with Crippen LogP contribution in [-0.2, 0) is 10.5 Å². The lowest BCUT2D eigenvalue weighted by Crippen LogP contribution is -2.25. The van der Waals surface area contributed by atoms with Gasteiger partial charge in [0.15, 0.2) is 0 Å². The quantitative estimate of drug-likeness (QED) is 0.852.